The van der Waals surface area contributed by atoms with Crippen LogP contribution < -0.4 is 39.3 Å². The zero-order valence-electron chi connectivity index (χ0n) is 17.9. The fourth-order valence-electron chi connectivity index (χ4n) is 4.31. The normalized spacial score (nSPS) is 20.7. The number of hydrogen-bond donors (Lipinski definition) is 0. The van der Waals surface area contributed by atoms with E-state index in [2.05, 4.69) is 15.0 Å². The number of ether oxygens (including phenoxy) is 3. The first-order chi connectivity index (χ1) is 14.6. The van der Waals surface area contributed by atoms with Crippen molar-refractivity contribution < 1.29 is 48.0 Å². The molecule has 158 valence electrons. The van der Waals surface area contributed by atoms with Crippen molar-refractivity contribution in [3.63, 3.8) is 0 Å². The van der Waals surface area contributed by atoms with Gasteiger partial charge in [0.15, 0.2) is 5.79 Å². The SMILES string of the molecule is Cc1c(OCC2CCCC23OCCO3)ccnc1CS(=O)c1nc2ccccc2[n-]1.[Na+]. The summed E-state index contributed by atoms with van der Waals surface area (Å²) in [5.41, 5.74) is 3.13. The first-order valence-electron chi connectivity index (χ1n) is 10.3. The van der Waals surface area contributed by atoms with Gasteiger partial charge in [-0.3, -0.25) is 9.19 Å². The fourth-order valence-corrected chi connectivity index (χ4v) is 5.37. The van der Waals surface area contributed by atoms with Crippen LogP contribution in [-0.4, -0.2) is 39.8 Å². The van der Waals surface area contributed by atoms with E-state index in [0.29, 0.717) is 25.0 Å². The Morgan fingerprint density at radius 3 is 2.87 bits per heavy atom. The molecule has 0 radical (unpaired) electrons. The smallest absolute Gasteiger partial charge is 0.493 e. The molecule has 2 unspecified atom stereocenters. The summed E-state index contributed by atoms with van der Waals surface area (Å²) in [7, 11) is -1.38. The van der Waals surface area contributed by atoms with Gasteiger partial charge in [0.1, 0.15) is 5.75 Å². The molecular weight excluding hydrogens is 425 g/mol. The molecule has 1 aliphatic carbocycles. The predicted molar refractivity (Wildman–Crippen MR) is 112 cm³/mol. The standard InChI is InChI=1S/C22H24N3O4S.Na/c1-15-19(14-30(26)21-24-17-6-2-3-7-18(17)25-21)23-10-8-20(15)27-13-16-5-4-9-22(16)28-11-12-29-22;/h2-3,6-8,10,16H,4-5,9,11-14H2,1H3;/q-1;+1. The van der Waals surface area contributed by atoms with E-state index in [1.807, 2.05) is 37.3 Å². The predicted octanol–water partition coefficient (Wildman–Crippen LogP) is 0.129. The summed E-state index contributed by atoms with van der Waals surface area (Å²) < 4.78 is 30.8. The van der Waals surface area contributed by atoms with Crippen LogP contribution in [0, 0.1) is 12.8 Å². The summed E-state index contributed by atoms with van der Waals surface area (Å²) in [6.45, 7) is 3.79. The minimum absolute atomic E-state index is 0. The summed E-state index contributed by atoms with van der Waals surface area (Å²) in [5.74, 6) is 0.752. The molecular formula is C22H24N3NaO4S. The Bertz CT molecular complexity index is 1050. The molecule has 1 aliphatic heterocycles. The number of para-hydroxylation sites is 2. The molecule has 9 heteroatoms. The van der Waals surface area contributed by atoms with Crippen LogP contribution in [0.2, 0.25) is 0 Å². The van der Waals surface area contributed by atoms with E-state index in [4.69, 9.17) is 14.2 Å². The molecule has 0 N–H and O–H groups in total. The largest absolute Gasteiger partial charge is 1.00 e. The number of fused-ring (bicyclic) bond motifs is 1. The summed E-state index contributed by atoms with van der Waals surface area (Å²) in [5, 5.41) is 0.340. The van der Waals surface area contributed by atoms with E-state index < -0.39 is 16.6 Å². The van der Waals surface area contributed by atoms with Crippen LogP contribution >= 0.6 is 0 Å². The van der Waals surface area contributed by atoms with Gasteiger partial charge >= 0.3 is 29.6 Å². The molecule has 31 heavy (non-hydrogen) atoms. The summed E-state index contributed by atoms with van der Waals surface area (Å²) in [4.78, 5) is 13.2. The second-order valence-corrected chi connectivity index (χ2v) is 9.12. The molecule has 1 aromatic carbocycles. The van der Waals surface area contributed by atoms with Crippen molar-refractivity contribution in [2.75, 3.05) is 19.8 Å². The number of rotatable bonds is 6. The second-order valence-electron chi connectivity index (χ2n) is 7.77. The number of aromatic nitrogens is 3. The Balaban J connectivity index is 0.00000231. The van der Waals surface area contributed by atoms with Crippen LogP contribution in [0.4, 0.5) is 0 Å². The summed E-state index contributed by atoms with van der Waals surface area (Å²) >= 11 is 0. The zero-order chi connectivity index (χ0) is 20.6. The Hall–Kier alpha value is -1.29. The van der Waals surface area contributed by atoms with Gasteiger partial charge in [-0.2, -0.15) is 0 Å². The average Bonchev–Trinajstić information content (AvgIpc) is 3.49. The summed E-state index contributed by atoms with van der Waals surface area (Å²) in [6.07, 6.45) is 4.74. The first kappa shape index (κ1) is 22.9. The van der Waals surface area contributed by atoms with E-state index in [0.717, 1.165) is 47.3 Å². The van der Waals surface area contributed by atoms with Crippen LogP contribution in [0.25, 0.3) is 11.0 Å². The van der Waals surface area contributed by atoms with Crippen molar-refractivity contribution >= 4 is 21.8 Å². The van der Waals surface area contributed by atoms with Gasteiger partial charge in [-0.15, -0.1) is 0 Å². The third-order valence-electron chi connectivity index (χ3n) is 5.96. The van der Waals surface area contributed by atoms with Gasteiger partial charge < -0.3 is 24.2 Å². The molecule has 2 atom stereocenters. The number of hydrogen-bond acceptors (Lipinski definition) is 6. The topological polar surface area (TPSA) is 84.6 Å². The quantitative estimate of drug-likeness (QED) is 0.495. The van der Waals surface area contributed by atoms with Gasteiger partial charge in [0, 0.05) is 29.3 Å². The third kappa shape index (κ3) is 4.60. The van der Waals surface area contributed by atoms with E-state index in [-0.39, 0.29) is 41.2 Å². The summed E-state index contributed by atoms with van der Waals surface area (Å²) in [6, 6.07) is 9.38. The van der Waals surface area contributed by atoms with E-state index in [1.54, 1.807) is 6.20 Å². The minimum Gasteiger partial charge on any atom is -0.493 e. The number of benzene rings is 1. The third-order valence-corrected chi connectivity index (χ3v) is 7.09. The molecule has 7 nitrogen and oxygen atoms in total. The Kier molecular flexibility index (Phi) is 7.15. The van der Waals surface area contributed by atoms with Gasteiger partial charge in [-0.1, -0.05) is 24.3 Å². The molecule has 3 aromatic rings. The second kappa shape index (κ2) is 9.68. The average molecular weight is 450 g/mol. The number of nitrogens with zero attached hydrogens (tertiary/aromatic N) is 3. The van der Waals surface area contributed by atoms with Crippen molar-refractivity contribution in [3.05, 3.63) is 47.8 Å². The molecule has 0 amide bonds. The van der Waals surface area contributed by atoms with Crippen LogP contribution in [0.15, 0.2) is 41.7 Å². The van der Waals surface area contributed by atoms with Gasteiger partial charge in [-0.05, 0) is 36.9 Å². The van der Waals surface area contributed by atoms with Crippen LogP contribution in [0.3, 0.4) is 0 Å². The van der Waals surface area contributed by atoms with Crippen molar-refractivity contribution in [1.29, 1.82) is 0 Å². The van der Waals surface area contributed by atoms with E-state index in [1.165, 1.54) is 0 Å². The minimum atomic E-state index is -1.38. The Labute approximate surface area is 206 Å². The Morgan fingerprint density at radius 2 is 2.06 bits per heavy atom. The molecule has 1 spiro atoms. The number of imidazole rings is 1. The van der Waals surface area contributed by atoms with Gasteiger partial charge in [0.05, 0.1) is 42.1 Å². The molecule has 1 saturated carbocycles. The van der Waals surface area contributed by atoms with Crippen LogP contribution in [0.1, 0.15) is 30.5 Å². The van der Waals surface area contributed by atoms with E-state index >= 15 is 0 Å². The van der Waals surface area contributed by atoms with Gasteiger partial charge in [0.25, 0.3) is 0 Å². The van der Waals surface area contributed by atoms with Crippen LogP contribution in [0.5, 0.6) is 5.75 Å². The first-order valence-corrected chi connectivity index (χ1v) is 11.6. The molecule has 5 rings (SSSR count). The monoisotopic (exact) mass is 449 g/mol. The molecule has 1 saturated heterocycles. The van der Waals surface area contributed by atoms with Crippen molar-refractivity contribution in [1.82, 2.24) is 15.0 Å². The van der Waals surface area contributed by atoms with Gasteiger partial charge in [-0.25, -0.2) is 0 Å². The fraction of sp³-hybridized carbons (Fsp3) is 0.455. The molecule has 3 heterocycles. The van der Waals surface area contributed by atoms with Crippen molar-refractivity contribution in [2.45, 2.75) is 42.9 Å². The maximum Gasteiger partial charge on any atom is 1.00 e. The van der Waals surface area contributed by atoms with Gasteiger partial charge in [0.2, 0.25) is 0 Å². The zero-order valence-corrected chi connectivity index (χ0v) is 20.7. The maximum atomic E-state index is 12.9. The molecule has 2 aromatic heterocycles. The molecule has 0 bridgehead atoms. The Morgan fingerprint density at radius 1 is 1.26 bits per heavy atom. The maximum absolute atomic E-state index is 12.9. The number of pyridine rings is 1. The molecule has 2 aliphatic rings. The van der Waals surface area contributed by atoms with Crippen molar-refractivity contribution in [2.24, 2.45) is 5.92 Å². The van der Waals surface area contributed by atoms with Crippen LogP contribution in [-0.2, 0) is 26.0 Å². The van der Waals surface area contributed by atoms with E-state index in [9.17, 15) is 4.21 Å². The van der Waals surface area contributed by atoms with Crippen molar-refractivity contribution in [3.8, 4) is 5.75 Å². The molecule has 2 fully saturated rings.